The van der Waals surface area contributed by atoms with Crippen LogP contribution < -0.4 is 4.74 Å². The molecule has 0 fully saturated rings. The highest BCUT2D eigenvalue weighted by atomic mass is 32.1. The number of benzene rings is 1. The molecule has 1 heterocycles. The van der Waals surface area contributed by atoms with Gasteiger partial charge in [-0.2, -0.15) is 5.26 Å². The standard InChI is InChI=1S/C17H20N2OS/c1-2-19(14-17-5-3-12-21-17)10-4-11-20-16-8-6-15(13-18)7-9-16/h3,5-9,12H,2,4,10-11,14H2,1H3. The molecule has 2 aromatic rings. The molecular formula is C17H20N2OS. The summed E-state index contributed by atoms with van der Waals surface area (Å²) in [5, 5.41) is 10.9. The van der Waals surface area contributed by atoms with Crippen LogP contribution in [-0.2, 0) is 6.54 Å². The molecule has 0 N–H and O–H groups in total. The predicted molar refractivity (Wildman–Crippen MR) is 86.5 cm³/mol. The topological polar surface area (TPSA) is 36.3 Å². The van der Waals surface area contributed by atoms with E-state index in [9.17, 15) is 0 Å². The molecule has 0 radical (unpaired) electrons. The van der Waals surface area contributed by atoms with Crippen LogP contribution in [-0.4, -0.2) is 24.6 Å². The lowest BCUT2D eigenvalue weighted by molar-refractivity contribution is 0.237. The van der Waals surface area contributed by atoms with E-state index < -0.39 is 0 Å². The second kappa shape index (κ2) is 8.46. The molecule has 0 atom stereocenters. The minimum atomic E-state index is 0.662. The minimum absolute atomic E-state index is 0.662. The first kappa shape index (κ1) is 15.6. The predicted octanol–water partition coefficient (Wildman–Crippen LogP) is 3.91. The highest BCUT2D eigenvalue weighted by molar-refractivity contribution is 7.09. The molecule has 0 saturated heterocycles. The molecule has 0 aliphatic rings. The Hall–Kier alpha value is -1.83. The van der Waals surface area contributed by atoms with Gasteiger partial charge in [-0.3, -0.25) is 4.90 Å². The smallest absolute Gasteiger partial charge is 0.119 e. The van der Waals surface area contributed by atoms with Gasteiger partial charge in [0, 0.05) is 18.0 Å². The second-order valence-electron chi connectivity index (χ2n) is 4.79. The van der Waals surface area contributed by atoms with Crippen LogP contribution in [0.2, 0.25) is 0 Å². The molecule has 0 aliphatic heterocycles. The number of nitriles is 1. The van der Waals surface area contributed by atoms with Crippen LogP contribution in [0.1, 0.15) is 23.8 Å². The van der Waals surface area contributed by atoms with Gasteiger partial charge in [0.05, 0.1) is 18.2 Å². The van der Waals surface area contributed by atoms with Gasteiger partial charge in [0.15, 0.2) is 0 Å². The highest BCUT2D eigenvalue weighted by Gasteiger charge is 2.04. The van der Waals surface area contributed by atoms with Crippen LogP contribution in [0, 0.1) is 11.3 Å². The van der Waals surface area contributed by atoms with Gasteiger partial charge in [0.25, 0.3) is 0 Å². The van der Waals surface area contributed by atoms with Gasteiger partial charge in [-0.05, 0) is 48.7 Å². The molecule has 0 bridgehead atoms. The summed E-state index contributed by atoms with van der Waals surface area (Å²) in [7, 11) is 0. The van der Waals surface area contributed by atoms with Crippen molar-refractivity contribution in [2.45, 2.75) is 19.9 Å². The molecule has 0 spiro atoms. The van der Waals surface area contributed by atoms with Crippen LogP contribution in [0.4, 0.5) is 0 Å². The SMILES string of the molecule is CCN(CCCOc1ccc(C#N)cc1)Cc1cccs1. The molecule has 0 amide bonds. The number of hydrogen-bond acceptors (Lipinski definition) is 4. The van der Waals surface area contributed by atoms with Gasteiger partial charge in [0.2, 0.25) is 0 Å². The first-order chi connectivity index (χ1) is 10.3. The van der Waals surface area contributed by atoms with Gasteiger partial charge in [-0.1, -0.05) is 13.0 Å². The zero-order valence-electron chi connectivity index (χ0n) is 12.3. The number of rotatable bonds is 8. The van der Waals surface area contributed by atoms with Crippen molar-refractivity contribution in [2.75, 3.05) is 19.7 Å². The number of ether oxygens (including phenoxy) is 1. The first-order valence-corrected chi connectivity index (χ1v) is 8.07. The third-order valence-corrected chi connectivity index (χ3v) is 4.14. The van der Waals surface area contributed by atoms with Crippen molar-refractivity contribution in [1.82, 2.24) is 4.90 Å². The highest BCUT2D eigenvalue weighted by Crippen LogP contribution is 2.13. The van der Waals surface area contributed by atoms with Crippen molar-refractivity contribution in [3.63, 3.8) is 0 Å². The Labute approximate surface area is 130 Å². The van der Waals surface area contributed by atoms with Crippen LogP contribution >= 0.6 is 11.3 Å². The van der Waals surface area contributed by atoms with E-state index in [-0.39, 0.29) is 0 Å². The normalized spacial score (nSPS) is 10.5. The molecular weight excluding hydrogens is 280 g/mol. The maximum atomic E-state index is 8.74. The summed E-state index contributed by atoms with van der Waals surface area (Å²) in [5.74, 6) is 0.829. The Morgan fingerprint density at radius 1 is 1.24 bits per heavy atom. The van der Waals surface area contributed by atoms with E-state index in [1.54, 1.807) is 23.5 Å². The van der Waals surface area contributed by atoms with Gasteiger partial charge >= 0.3 is 0 Å². The van der Waals surface area contributed by atoms with E-state index in [1.807, 2.05) is 12.1 Å². The molecule has 2 rings (SSSR count). The van der Waals surface area contributed by atoms with Gasteiger partial charge in [-0.25, -0.2) is 0 Å². The molecule has 1 aromatic heterocycles. The number of hydrogen-bond donors (Lipinski definition) is 0. The average molecular weight is 300 g/mol. The molecule has 21 heavy (non-hydrogen) atoms. The van der Waals surface area contributed by atoms with Crippen molar-refractivity contribution in [3.05, 3.63) is 52.2 Å². The molecule has 110 valence electrons. The Morgan fingerprint density at radius 3 is 2.67 bits per heavy atom. The lowest BCUT2D eigenvalue weighted by Gasteiger charge is -2.19. The van der Waals surface area contributed by atoms with Crippen LogP contribution in [0.25, 0.3) is 0 Å². The maximum Gasteiger partial charge on any atom is 0.119 e. The van der Waals surface area contributed by atoms with E-state index in [2.05, 4.69) is 35.4 Å². The Bertz CT molecular complexity index is 557. The van der Waals surface area contributed by atoms with Crippen molar-refractivity contribution in [2.24, 2.45) is 0 Å². The Kier molecular flexibility index (Phi) is 6.26. The largest absolute Gasteiger partial charge is 0.494 e. The lowest BCUT2D eigenvalue weighted by Crippen LogP contribution is -2.24. The summed E-state index contributed by atoms with van der Waals surface area (Å²) in [4.78, 5) is 3.83. The third kappa shape index (κ3) is 5.22. The first-order valence-electron chi connectivity index (χ1n) is 7.19. The van der Waals surface area contributed by atoms with E-state index in [0.29, 0.717) is 12.2 Å². The monoisotopic (exact) mass is 300 g/mol. The average Bonchev–Trinajstić information content (AvgIpc) is 3.04. The summed E-state index contributed by atoms with van der Waals surface area (Å²) in [5.41, 5.74) is 0.662. The van der Waals surface area contributed by atoms with Gasteiger partial charge in [-0.15, -0.1) is 11.3 Å². The van der Waals surface area contributed by atoms with E-state index in [1.165, 1.54) is 4.88 Å². The molecule has 4 heteroatoms. The summed E-state index contributed by atoms with van der Waals surface area (Å²) >= 11 is 1.81. The van der Waals surface area contributed by atoms with E-state index in [4.69, 9.17) is 10.00 Å². The lowest BCUT2D eigenvalue weighted by atomic mass is 10.2. The zero-order chi connectivity index (χ0) is 14.9. The van der Waals surface area contributed by atoms with Gasteiger partial charge < -0.3 is 4.74 Å². The van der Waals surface area contributed by atoms with Crippen molar-refractivity contribution >= 4 is 11.3 Å². The quantitative estimate of drug-likeness (QED) is 0.693. The molecule has 0 aliphatic carbocycles. The number of thiophene rings is 1. The molecule has 0 unspecified atom stereocenters. The number of nitrogens with zero attached hydrogens (tertiary/aromatic N) is 2. The Balaban J connectivity index is 1.69. The molecule has 3 nitrogen and oxygen atoms in total. The molecule has 0 saturated carbocycles. The van der Waals surface area contributed by atoms with Crippen molar-refractivity contribution < 1.29 is 4.74 Å². The Morgan fingerprint density at radius 2 is 2.05 bits per heavy atom. The fourth-order valence-electron chi connectivity index (χ4n) is 2.08. The minimum Gasteiger partial charge on any atom is -0.494 e. The van der Waals surface area contributed by atoms with Crippen LogP contribution in [0.15, 0.2) is 41.8 Å². The van der Waals surface area contributed by atoms with E-state index in [0.717, 1.165) is 31.8 Å². The summed E-state index contributed by atoms with van der Waals surface area (Å²) in [6.07, 6.45) is 0.999. The summed E-state index contributed by atoms with van der Waals surface area (Å²) in [6, 6.07) is 13.6. The van der Waals surface area contributed by atoms with E-state index >= 15 is 0 Å². The van der Waals surface area contributed by atoms with Crippen LogP contribution in [0.5, 0.6) is 5.75 Å². The third-order valence-electron chi connectivity index (χ3n) is 3.28. The van der Waals surface area contributed by atoms with Crippen LogP contribution in [0.3, 0.4) is 0 Å². The summed E-state index contributed by atoms with van der Waals surface area (Å²) < 4.78 is 5.70. The van der Waals surface area contributed by atoms with Crippen molar-refractivity contribution in [1.29, 1.82) is 5.26 Å². The summed E-state index contributed by atoms with van der Waals surface area (Å²) in [6.45, 7) is 5.99. The second-order valence-corrected chi connectivity index (χ2v) is 5.82. The molecule has 1 aromatic carbocycles. The van der Waals surface area contributed by atoms with Crippen molar-refractivity contribution in [3.8, 4) is 11.8 Å². The zero-order valence-corrected chi connectivity index (χ0v) is 13.1. The fourth-order valence-corrected chi connectivity index (χ4v) is 2.82. The fraction of sp³-hybridized carbons (Fsp3) is 0.353. The van der Waals surface area contributed by atoms with Gasteiger partial charge in [0.1, 0.15) is 5.75 Å². The maximum absolute atomic E-state index is 8.74.